The summed E-state index contributed by atoms with van der Waals surface area (Å²) in [6, 6.07) is 0. The van der Waals surface area contributed by atoms with Gasteiger partial charge in [0.2, 0.25) is 5.91 Å². The fourth-order valence-electron chi connectivity index (χ4n) is 2.85. The molecule has 1 saturated heterocycles. The third-order valence-electron chi connectivity index (χ3n) is 4.06. The van der Waals surface area contributed by atoms with Gasteiger partial charge in [0.15, 0.2) is 5.16 Å². The molecular formula is C16H30ClN5O2S. The molecule has 1 fully saturated rings. The first-order chi connectivity index (χ1) is 11.5. The van der Waals surface area contributed by atoms with Gasteiger partial charge in [0.25, 0.3) is 0 Å². The number of carbonyl (C=O) groups excluding carboxylic acids is 1. The van der Waals surface area contributed by atoms with E-state index in [2.05, 4.69) is 33.9 Å². The number of nitrogens with zero attached hydrogens (tertiary/aromatic N) is 3. The van der Waals surface area contributed by atoms with Gasteiger partial charge in [-0.15, -0.1) is 22.6 Å². The Morgan fingerprint density at radius 2 is 2.20 bits per heavy atom. The van der Waals surface area contributed by atoms with Crippen LogP contribution in [-0.2, 0) is 22.5 Å². The molecule has 3 N–H and O–H groups in total. The van der Waals surface area contributed by atoms with E-state index >= 15 is 0 Å². The van der Waals surface area contributed by atoms with Crippen LogP contribution in [0.25, 0.3) is 0 Å². The van der Waals surface area contributed by atoms with Crippen molar-refractivity contribution in [3.63, 3.8) is 0 Å². The largest absolute Gasteiger partial charge is 0.364 e. The van der Waals surface area contributed by atoms with Gasteiger partial charge in [-0.1, -0.05) is 25.6 Å². The van der Waals surface area contributed by atoms with Crippen molar-refractivity contribution in [2.24, 2.45) is 11.7 Å². The highest BCUT2D eigenvalue weighted by molar-refractivity contribution is 7.98. The predicted octanol–water partition coefficient (Wildman–Crippen LogP) is 1.63. The third kappa shape index (κ3) is 6.44. The van der Waals surface area contributed by atoms with Crippen molar-refractivity contribution < 1.29 is 9.53 Å². The monoisotopic (exact) mass is 391 g/mol. The maximum absolute atomic E-state index is 12.1. The Balaban J connectivity index is 0.00000312. The van der Waals surface area contributed by atoms with E-state index in [0.29, 0.717) is 19.0 Å². The molecule has 0 bridgehead atoms. The Morgan fingerprint density at radius 3 is 2.80 bits per heavy atom. The topological polar surface area (TPSA) is 95.1 Å². The van der Waals surface area contributed by atoms with Crippen molar-refractivity contribution >= 4 is 30.1 Å². The number of nitrogens with two attached hydrogens (primary N) is 1. The summed E-state index contributed by atoms with van der Waals surface area (Å²) >= 11 is 1.61. The average Bonchev–Trinajstić information content (AvgIpc) is 3.18. The van der Waals surface area contributed by atoms with E-state index < -0.39 is 0 Å². The minimum Gasteiger partial charge on any atom is -0.364 e. The van der Waals surface area contributed by atoms with Gasteiger partial charge in [-0.3, -0.25) is 4.79 Å². The number of hydrogen-bond donors (Lipinski definition) is 2. The van der Waals surface area contributed by atoms with E-state index in [9.17, 15) is 4.79 Å². The Kier molecular flexibility index (Phi) is 9.78. The highest BCUT2D eigenvalue weighted by atomic mass is 35.5. The zero-order valence-corrected chi connectivity index (χ0v) is 16.9. The maximum atomic E-state index is 12.1. The Morgan fingerprint density at radius 1 is 1.44 bits per heavy atom. The molecule has 2 heterocycles. The molecule has 0 aromatic carbocycles. The number of aryl methyl sites for hydroxylation is 1. The summed E-state index contributed by atoms with van der Waals surface area (Å²) in [5.41, 5.74) is 5.57. The highest BCUT2D eigenvalue weighted by Gasteiger charge is 2.29. The molecule has 0 aliphatic carbocycles. The van der Waals surface area contributed by atoms with Gasteiger partial charge in [0.1, 0.15) is 11.9 Å². The molecule has 1 aliphatic heterocycles. The van der Waals surface area contributed by atoms with Crippen LogP contribution >= 0.6 is 24.2 Å². The number of amides is 1. The van der Waals surface area contributed by atoms with E-state index in [1.165, 1.54) is 0 Å². The SMILES string of the molecule is CSc1nnc(CCCNC(=O)[C@@H]2CC[C@H](CN)O2)n1CC(C)C.Cl. The zero-order chi connectivity index (χ0) is 17.5. The van der Waals surface area contributed by atoms with E-state index in [1.807, 2.05) is 6.26 Å². The molecule has 2 rings (SSSR count). The fourth-order valence-corrected chi connectivity index (χ4v) is 3.37. The van der Waals surface area contributed by atoms with Crippen LogP contribution < -0.4 is 11.1 Å². The number of nitrogens with one attached hydrogen (secondary N) is 1. The van der Waals surface area contributed by atoms with Crippen LogP contribution in [0.15, 0.2) is 5.16 Å². The van der Waals surface area contributed by atoms with Crippen LogP contribution in [0.1, 0.15) is 38.9 Å². The lowest BCUT2D eigenvalue weighted by Crippen LogP contribution is -2.36. The van der Waals surface area contributed by atoms with Gasteiger partial charge in [-0.05, 0) is 31.4 Å². The van der Waals surface area contributed by atoms with Gasteiger partial charge < -0.3 is 20.4 Å². The van der Waals surface area contributed by atoms with Crippen molar-refractivity contribution in [1.82, 2.24) is 20.1 Å². The first-order valence-corrected chi connectivity index (χ1v) is 9.87. The fraction of sp³-hybridized carbons (Fsp3) is 0.812. The third-order valence-corrected chi connectivity index (χ3v) is 4.73. The summed E-state index contributed by atoms with van der Waals surface area (Å²) in [7, 11) is 0. The van der Waals surface area contributed by atoms with Crippen LogP contribution in [0.4, 0.5) is 0 Å². The number of thioether (sulfide) groups is 1. The molecule has 0 saturated carbocycles. The van der Waals surface area contributed by atoms with Gasteiger partial charge in [0, 0.05) is 26.1 Å². The second kappa shape index (κ2) is 11.0. The summed E-state index contributed by atoms with van der Waals surface area (Å²) in [6.07, 6.45) is 4.96. The van der Waals surface area contributed by atoms with Gasteiger partial charge in [-0.25, -0.2) is 0 Å². The van der Waals surface area contributed by atoms with E-state index in [0.717, 1.165) is 43.2 Å². The van der Waals surface area contributed by atoms with E-state index in [1.54, 1.807) is 11.8 Å². The molecular weight excluding hydrogens is 362 g/mol. The van der Waals surface area contributed by atoms with Gasteiger partial charge >= 0.3 is 0 Å². The van der Waals surface area contributed by atoms with Crippen molar-refractivity contribution in [3.05, 3.63) is 5.82 Å². The van der Waals surface area contributed by atoms with Crippen LogP contribution in [0, 0.1) is 5.92 Å². The second-order valence-electron chi connectivity index (χ2n) is 6.56. The van der Waals surface area contributed by atoms with Crippen LogP contribution in [0.2, 0.25) is 0 Å². The normalized spacial score (nSPS) is 19.9. The number of aromatic nitrogens is 3. The zero-order valence-electron chi connectivity index (χ0n) is 15.2. The summed E-state index contributed by atoms with van der Waals surface area (Å²) < 4.78 is 7.79. The van der Waals surface area contributed by atoms with Crippen molar-refractivity contribution in [1.29, 1.82) is 0 Å². The Hall–Kier alpha value is -0.830. The molecule has 0 unspecified atom stereocenters. The number of ether oxygens (including phenoxy) is 1. The first-order valence-electron chi connectivity index (χ1n) is 8.64. The highest BCUT2D eigenvalue weighted by Crippen LogP contribution is 2.19. The lowest BCUT2D eigenvalue weighted by molar-refractivity contribution is -0.131. The van der Waals surface area contributed by atoms with Crippen LogP contribution in [0.5, 0.6) is 0 Å². The lowest BCUT2D eigenvalue weighted by atomic mass is 10.2. The van der Waals surface area contributed by atoms with E-state index in [-0.39, 0.29) is 30.5 Å². The molecule has 1 aromatic heterocycles. The number of hydrogen-bond acceptors (Lipinski definition) is 6. The molecule has 0 radical (unpaired) electrons. The number of rotatable bonds is 9. The summed E-state index contributed by atoms with van der Waals surface area (Å²) in [5, 5.41) is 12.4. The van der Waals surface area contributed by atoms with Gasteiger partial charge in [-0.2, -0.15) is 0 Å². The summed E-state index contributed by atoms with van der Waals surface area (Å²) in [5.74, 6) is 1.50. The lowest BCUT2D eigenvalue weighted by Gasteiger charge is -2.13. The maximum Gasteiger partial charge on any atom is 0.249 e. The molecule has 0 spiro atoms. The first kappa shape index (κ1) is 22.2. The average molecular weight is 392 g/mol. The minimum atomic E-state index is -0.341. The second-order valence-corrected chi connectivity index (χ2v) is 7.34. The number of halogens is 1. The van der Waals surface area contributed by atoms with Crippen molar-refractivity contribution in [2.75, 3.05) is 19.3 Å². The molecule has 1 aliphatic rings. The number of carbonyl (C=O) groups is 1. The van der Waals surface area contributed by atoms with Crippen LogP contribution in [0.3, 0.4) is 0 Å². The minimum absolute atomic E-state index is 0. The van der Waals surface area contributed by atoms with Crippen molar-refractivity contribution in [3.8, 4) is 0 Å². The standard InChI is InChI=1S/C16H29N5O2S.ClH/c1-11(2)10-21-14(19-20-16(21)24-3)5-4-8-18-15(22)13-7-6-12(9-17)23-13;/h11-13H,4-10,17H2,1-3H3,(H,18,22);1H/t12-,13+;/m1./s1. The Bertz CT molecular complexity index is 541. The van der Waals surface area contributed by atoms with Crippen LogP contribution in [-0.4, -0.2) is 52.2 Å². The Labute approximate surface area is 160 Å². The molecule has 1 amide bonds. The van der Waals surface area contributed by atoms with E-state index in [4.69, 9.17) is 10.5 Å². The van der Waals surface area contributed by atoms with Crippen molar-refractivity contribution in [2.45, 2.75) is 63.4 Å². The molecule has 25 heavy (non-hydrogen) atoms. The summed E-state index contributed by atoms with van der Waals surface area (Å²) in [4.78, 5) is 12.1. The molecule has 7 nitrogen and oxygen atoms in total. The molecule has 144 valence electrons. The predicted molar refractivity (Wildman–Crippen MR) is 102 cm³/mol. The van der Waals surface area contributed by atoms with Gasteiger partial charge in [0.05, 0.1) is 6.10 Å². The smallest absolute Gasteiger partial charge is 0.249 e. The molecule has 2 atom stereocenters. The summed E-state index contributed by atoms with van der Waals surface area (Å²) in [6.45, 7) is 6.39. The quantitative estimate of drug-likeness (QED) is 0.490. The molecule has 1 aromatic rings. The molecule has 9 heteroatoms.